The van der Waals surface area contributed by atoms with Crippen LogP contribution < -0.4 is 10.1 Å². The van der Waals surface area contributed by atoms with Crippen LogP contribution in [0.15, 0.2) is 48.7 Å². The van der Waals surface area contributed by atoms with Gasteiger partial charge >= 0.3 is 5.57 Å². The van der Waals surface area contributed by atoms with E-state index in [0.717, 1.165) is 0 Å². The van der Waals surface area contributed by atoms with Crippen molar-refractivity contribution in [3.8, 4) is 17.0 Å². The Morgan fingerprint density at radius 2 is 2.09 bits per heavy atom. The standard InChI is InChI=1S/C22H17ClF3N5O3/c23-22(25,26)34-15-3-1-13(2-4-15)28-21(32)12-7-16(17-5-6-27-30-17)20-18(8-12)29-19-11-33-10-14(9-24)31(19)20/h1-8,14H,9-11H2,(H,27,30)(H,28,32)/t14-/m1/s1. The van der Waals surface area contributed by atoms with Crippen molar-refractivity contribution < 1.29 is 27.4 Å². The van der Waals surface area contributed by atoms with E-state index in [9.17, 15) is 18.0 Å². The highest BCUT2D eigenvalue weighted by molar-refractivity contribution is 6.20. The van der Waals surface area contributed by atoms with Gasteiger partial charge in [0.2, 0.25) is 0 Å². The van der Waals surface area contributed by atoms with Crippen molar-refractivity contribution in [2.24, 2.45) is 0 Å². The minimum absolute atomic E-state index is 0.158. The molecule has 12 heteroatoms. The molecule has 1 amide bonds. The first-order valence-electron chi connectivity index (χ1n) is 10.2. The van der Waals surface area contributed by atoms with E-state index in [1.807, 2.05) is 4.57 Å². The molecule has 8 nitrogen and oxygen atoms in total. The summed E-state index contributed by atoms with van der Waals surface area (Å²) in [4.78, 5) is 17.6. The highest BCUT2D eigenvalue weighted by Gasteiger charge is 2.28. The van der Waals surface area contributed by atoms with Crippen molar-refractivity contribution >= 4 is 34.2 Å². The van der Waals surface area contributed by atoms with Gasteiger partial charge in [-0.25, -0.2) is 9.37 Å². The normalized spacial score (nSPS) is 15.8. The Balaban J connectivity index is 1.51. The van der Waals surface area contributed by atoms with E-state index < -0.39 is 24.2 Å². The van der Waals surface area contributed by atoms with E-state index in [2.05, 4.69) is 25.2 Å². The second-order valence-electron chi connectivity index (χ2n) is 7.61. The molecule has 0 unspecified atom stereocenters. The number of aromatic nitrogens is 4. The Kier molecular flexibility index (Phi) is 5.66. The summed E-state index contributed by atoms with van der Waals surface area (Å²) in [5, 5.41) is 9.58. The molecular weight excluding hydrogens is 475 g/mol. The molecule has 2 N–H and O–H groups in total. The van der Waals surface area contributed by atoms with E-state index in [4.69, 9.17) is 16.3 Å². The van der Waals surface area contributed by atoms with Crippen LogP contribution in [0.3, 0.4) is 0 Å². The number of rotatable bonds is 6. The molecular formula is C22H17ClF3N5O3. The molecule has 4 aromatic rings. The number of imidazole rings is 1. The Morgan fingerprint density at radius 3 is 2.76 bits per heavy atom. The topological polar surface area (TPSA) is 94.1 Å². The van der Waals surface area contributed by atoms with Gasteiger partial charge in [0, 0.05) is 34.6 Å². The Morgan fingerprint density at radius 1 is 1.29 bits per heavy atom. The van der Waals surface area contributed by atoms with Crippen molar-refractivity contribution in [1.82, 2.24) is 19.7 Å². The number of benzene rings is 2. The minimum Gasteiger partial charge on any atom is -0.420 e. The van der Waals surface area contributed by atoms with E-state index in [-0.39, 0.29) is 24.5 Å². The number of carbonyl (C=O) groups is 1. The number of aromatic amines is 1. The molecule has 0 bridgehead atoms. The number of alkyl halides is 4. The zero-order valence-electron chi connectivity index (χ0n) is 17.4. The lowest BCUT2D eigenvalue weighted by atomic mass is 10.0. The molecule has 1 atom stereocenters. The summed E-state index contributed by atoms with van der Waals surface area (Å²) in [6, 6.07) is 9.80. The van der Waals surface area contributed by atoms with Gasteiger partial charge in [0.05, 0.1) is 29.4 Å². The first kappa shape index (κ1) is 22.2. The molecule has 2 aromatic carbocycles. The number of H-pyrrole nitrogens is 1. The van der Waals surface area contributed by atoms with Crippen LogP contribution in [0.2, 0.25) is 0 Å². The molecule has 0 saturated heterocycles. The van der Waals surface area contributed by atoms with Crippen LogP contribution in [0, 0.1) is 0 Å². The van der Waals surface area contributed by atoms with Crippen LogP contribution in [0.25, 0.3) is 22.3 Å². The average molecular weight is 492 g/mol. The highest BCUT2D eigenvalue weighted by atomic mass is 35.5. The molecule has 0 spiro atoms. The SMILES string of the molecule is O=C(Nc1ccc(OC(F)(F)Cl)cc1)c1cc(-c2ccn[nH]2)c2c(c1)nc1n2[C@H](CF)COC1. The van der Waals surface area contributed by atoms with E-state index in [1.54, 1.807) is 24.4 Å². The van der Waals surface area contributed by atoms with Gasteiger partial charge < -0.3 is 19.4 Å². The molecule has 0 aliphatic carbocycles. The fraction of sp³-hybridized carbons (Fsp3) is 0.227. The summed E-state index contributed by atoms with van der Waals surface area (Å²) in [5.41, 5.74) is -0.748. The maximum atomic E-state index is 13.7. The summed E-state index contributed by atoms with van der Waals surface area (Å²) >= 11 is 4.76. The number of amides is 1. The summed E-state index contributed by atoms with van der Waals surface area (Å²) in [7, 11) is 0. The number of nitrogens with zero attached hydrogens (tertiary/aromatic N) is 3. The monoisotopic (exact) mass is 491 g/mol. The number of hydrogen-bond donors (Lipinski definition) is 2. The second kappa shape index (κ2) is 8.65. The lowest BCUT2D eigenvalue weighted by Gasteiger charge is -2.24. The maximum Gasteiger partial charge on any atom is 0.487 e. The number of anilines is 1. The van der Waals surface area contributed by atoms with E-state index in [0.29, 0.717) is 33.8 Å². The third-order valence-corrected chi connectivity index (χ3v) is 5.42. The molecule has 34 heavy (non-hydrogen) atoms. The third kappa shape index (κ3) is 4.31. The highest BCUT2D eigenvalue weighted by Crippen LogP contribution is 2.34. The average Bonchev–Trinajstić information content (AvgIpc) is 3.46. The minimum atomic E-state index is -3.83. The van der Waals surface area contributed by atoms with Crippen LogP contribution in [0.5, 0.6) is 5.75 Å². The van der Waals surface area contributed by atoms with Crippen molar-refractivity contribution in [3.63, 3.8) is 0 Å². The van der Waals surface area contributed by atoms with Crippen LogP contribution >= 0.6 is 11.6 Å². The van der Waals surface area contributed by atoms with E-state index in [1.165, 1.54) is 24.3 Å². The summed E-state index contributed by atoms with van der Waals surface area (Å²) in [6.07, 6.45) is 1.57. The van der Waals surface area contributed by atoms with Crippen molar-refractivity contribution in [3.05, 3.63) is 60.0 Å². The van der Waals surface area contributed by atoms with E-state index >= 15 is 0 Å². The van der Waals surface area contributed by atoms with Crippen LogP contribution in [0.1, 0.15) is 22.2 Å². The number of fused-ring (bicyclic) bond motifs is 3. The maximum absolute atomic E-state index is 13.7. The van der Waals surface area contributed by atoms with Gasteiger partial charge in [-0.05, 0) is 42.5 Å². The quantitative estimate of drug-likeness (QED) is 0.375. The first-order chi connectivity index (χ1) is 16.3. The van der Waals surface area contributed by atoms with Gasteiger partial charge in [-0.2, -0.15) is 5.10 Å². The fourth-order valence-corrected chi connectivity index (χ4v) is 4.02. The molecule has 0 saturated carbocycles. The summed E-state index contributed by atoms with van der Waals surface area (Å²) in [5.74, 6) is -0.0497. The largest absolute Gasteiger partial charge is 0.487 e. The number of carbonyl (C=O) groups excluding carboxylic acids is 1. The fourth-order valence-electron chi connectivity index (χ4n) is 3.93. The van der Waals surface area contributed by atoms with Crippen LogP contribution in [-0.2, 0) is 11.3 Å². The van der Waals surface area contributed by atoms with Gasteiger partial charge in [0.25, 0.3) is 5.91 Å². The Labute approximate surface area is 195 Å². The number of ether oxygens (including phenoxy) is 2. The van der Waals surface area contributed by atoms with Gasteiger partial charge in [0.15, 0.2) is 0 Å². The lowest BCUT2D eigenvalue weighted by molar-refractivity contribution is -0.0964. The van der Waals surface area contributed by atoms with Gasteiger partial charge in [0.1, 0.15) is 24.9 Å². The van der Waals surface area contributed by atoms with Gasteiger partial charge in [-0.15, -0.1) is 8.78 Å². The summed E-state index contributed by atoms with van der Waals surface area (Å²) in [6.45, 7) is -0.182. The van der Waals surface area contributed by atoms with Crippen molar-refractivity contribution in [1.29, 1.82) is 0 Å². The third-order valence-electron chi connectivity index (χ3n) is 5.34. The zero-order valence-corrected chi connectivity index (χ0v) is 18.2. The second-order valence-corrected chi connectivity index (χ2v) is 8.05. The molecule has 5 rings (SSSR count). The van der Waals surface area contributed by atoms with Crippen molar-refractivity contribution in [2.45, 2.75) is 18.2 Å². The molecule has 0 fully saturated rings. The number of hydrogen-bond acceptors (Lipinski definition) is 5. The molecule has 3 heterocycles. The first-order valence-corrected chi connectivity index (χ1v) is 10.6. The molecule has 2 aromatic heterocycles. The van der Waals surface area contributed by atoms with Gasteiger partial charge in [-0.3, -0.25) is 9.89 Å². The molecule has 0 radical (unpaired) electrons. The predicted octanol–water partition coefficient (Wildman–Crippen LogP) is 4.89. The summed E-state index contributed by atoms with van der Waals surface area (Å²) < 4.78 is 50.9. The molecule has 176 valence electrons. The predicted molar refractivity (Wildman–Crippen MR) is 118 cm³/mol. The van der Waals surface area contributed by atoms with Crippen LogP contribution in [0.4, 0.5) is 18.9 Å². The zero-order chi connectivity index (χ0) is 23.9. The lowest BCUT2D eigenvalue weighted by Crippen LogP contribution is -2.25. The molecule has 1 aliphatic rings. The Hall–Kier alpha value is -3.57. The smallest absolute Gasteiger partial charge is 0.420 e. The van der Waals surface area contributed by atoms with Gasteiger partial charge in [-0.1, -0.05) is 0 Å². The molecule has 1 aliphatic heterocycles. The van der Waals surface area contributed by atoms with Crippen LogP contribution in [-0.4, -0.2) is 44.5 Å². The Bertz CT molecular complexity index is 1340. The number of halogens is 4. The van der Waals surface area contributed by atoms with Crippen molar-refractivity contribution in [2.75, 3.05) is 18.6 Å². The number of nitrogens with one attached hydrogen (secondary N) is 2.